The zero-order chi connectivity index (χ0) is 20.7. The highest BCUT2D eigenvalue weighted by Gasteiger charge is 2.13. The topological polar surface area (TPSA) is 63.9 Å². The fourth-order valence-corrected chi connectivity index (χ4v) is 3.18. The Morgan fingerprint density at radius 3 is 2.52 bits per heavy atom. The highest BCUT2D eigenvalue weighted by Crippen LogP contribution is 2.25. The molecule has 0 bridgehead atoms. The van der Waals surface area contributed by atoms with Gasteiger partial charge in [-0.2, -0.15) is 5.10 Å². The molecule has 2 aromatic rings. The van der Waals surface area contributed by atoms with Gasteiger partial charge >= 0.3 is 0 Å². The van der Waals surface area contributed by atoms with Gasteiger partial charge in [0.1, 0.15) is 11.5 Å². The van der Waals surface area contributed by atoms with Gasteiger partial charge in [0.2, 0.25) is 0 Å². The maximum absolute atomic E-state index is 5.50. The first-order chi connectivity index (χ1) is 13.4. The van der Waals surface area contributed by atoms with Crippen molar-refractivity contribution in [1.82, 2.24) is 20.0 Å². The van der Waals surface area contributed by atoms with E-state index in [0.717, 1.165) is 41.8 Å². The second-order valence-electron chi connectivity index (χ2n) is 7.18. The van der Waals surface area contributed by atoms with E-state index in [0.29, 0.717) is 12.5 Å². The number of ether oxygens (including phenoxy) is 2. The third-order valence-corrected chi connectivity index (χ3v) is 4.67. The van der Waals surface area contributed by atoms with E-state index >= 15 is 0 Å². The molecule has 7 nitrogen and oxygen atoms in total. The average molecular weight is 515 g/mol. The molecule has 0 spiro atoms. The van der Waals surface area contributed by atoms with Crippen LogP contribution in [-0.2, 0) is 13.1 Å². The molecule has 0 saturated heterocycles. The largest absolute Gasteiger partial charge is 0.497 e. The first kappa shape index (κ1) is 25.1. The quantitative estimate of drug-likeness (QED) is 0.332. The zero-order valence-corrected chi connectivity index (χ0v) is 20.9. The number of aryl methyl sites for hydroxylation is 2. The molecule has 1 atom stereocenters. The summed E-state index contributed by atoms with van der Waals surface area (Å²) in [5.41, 5.74) is 3.32. The lowest BCUT2D eigenvalue weighted by atomic mass is 10.1. The average Bonchev–Trinajstić information content (AvgIpc) is 2.99. The maximum atomic E-state index is 5.50. The normalized spacial score (nSPS) is 12.2. The molecule has 0 saturated carbocycles. The van der Waals surface area contributed by atoms with Crippen LogP contribution in [0.2, 0.25) is 0 Å². The Kier molecular flexibility index (Phi) is 10.3. The van der Waals surface area contributed by atoms with Gasteiger partial charge in [0.15, 0.2) is 5.96 Å². The van der Waals surface area contributed by atoms with E-state index < -0.39 is 0 Å². The van der Waals surface area contributed by atoms with Gasteiger partial charge in [0.25, 0.3) is 0 Å². The Bertz CT molecular complexity index is 806. The Balaban J connectivity index is 0.00000420. The van der Waals surface area contributed by atoms with Gasteiger partial charge in [-0.25, -0.2) is 0 Å². The summed E-state index contributed by atoms with van der Waals surface area (Å²) >= 11 is 0. The van der Waals surface area contributed by atoms with Crippen LogP contribution < -0.4 is 14.8 Å². The molecular weight excluding hydrogens is 481 g/mol. The van der Waals surface area contributed by atoms with E-state index in [1.165, 1.54) is 5.69 Å². The number of aliphatic imine (C=N–C) groups is 1. The van der Waals surface area contributed by atoms with Gasteiger partial charge in [0.05, 0.1) is 19.9 Å². The second kappa shape index (κ2) is 11.9. The molecule has 2 rings (SSSR count). The predicted octanol–water partition coefficient (Wildman–Crippen LogP) is 3.48. The van der Waals surface area contributed by atoms with E-state index in [2.05, 4.69) is 44.9 Å². The molecule has 1 N–H and O–H groups in total. The summed E-state index contributed by atoms with van der Waals surface area (Å²) < 4.78 is 12.8. The molecule has 0 aliphatic carbocycles. The minimum atomic E-state index is 0. The Labute approximate surface area is 191 Å². The number of aromatic nitrogens is 2. The molecule has 1 heterocycles. The van der Waals surface area contributed by atoms with Crippen LogP contribution in [0.4, 0.5) is 0 Å². The van der Waals surface area contributed by atoms with Crippen molar-refractivity contribution in [1.29, 1.82) is 0 Å². The number of methoxy groups -OCH3 is 2. The van der Waals surface area contributed by atoms with Gasteiger partial charge in [-0.15, -0.1) is 24.0 Å². The third-order valence-electron chi connectivity index (χ3n) is 4.67. The summed E-state index contributed by atoms with van der Waals surface area (Å²) in [7, 11) is 7.14. The SMILES string of the molecule is CN=C(NCC(C)Cn1nc(C)cc1C)N(C)Cc1ccc(OC)cc1OC.I. The summed E-state index contributed by atoms with van der Waals surface area (Å²) in [6, 6.07) is 7.97. The van der Waals surface area contributed by atoms with E-state index in [9.17, 15) is 0 Å². The molecule has 1 aromatic carbocycles. The lowest BCUT2D eigenvalue weighted by Crippen LogP contribution is -2.41. The fourth-order valence-electron chi connectivity index (χ4n) is 3.18. The van der Waals surface area contributed by atoms with E-state index in [1.54, 1.807) is 21.3 Å². The highest BCUT2D eigenvalue weighted by atomic mass is 127. The predicted molar refractivity (Wildman–Crippen MR) is 129 cm³/mol. The van der Waals surface area contributed by atoms with Crippen molar-refractivity contribution in [3.63, 3.8) is 0 Å². The summed E-state index contributed by atoms with van der Waals surface area (Å²) in [6.45, 7) is 8.70. The number of hydrogen-bond donors (Lipinski definition) is 1. The molecule has 0 aliphatic heterocycles. The molecule has 0 aliphatic rings. The standard InChI is InChI=1S/C21H33N5O2.HI/c1-15(13-26-17(3)10-16(2)24-26)12-23-21(22-4)25(5)14-18-8-9-19(27-6)11-20(18)28-7;/h8-11,15H,12-14H2,1-7H3,(H,22,23);1H. The summed E-state index contributed by atoms with van der Waals surface area (Å²) in [5, 5.41) is 8.01. The fraction of sp³-hybridized carbons (Fsp3) is 0.524. The summed E-state index contributed by atoms with van der Waals surface area (Å²) in [6.07, 6.45) is 0. The zero-order valence-electron chi connectivity index (χ0n) is 18.5. The van der Waals surface area contributed by atoms with Crippen molar-refractivity contribution in [2.24, 2.45) is 10.9 Å². The van der Waals surface area contributed by atoms with Crippen LogP contribution in [0, 0.1) is 19.8 Å². The minimum absolute atomic E-state index is 0. The molecular formula is C21H34IN5O2. The van der Waals surface area contributed by atoms with Crippen LogP contribution in [-0.4, -0.2) is 55.5 Å². The van der Waals surface area contributed by atoms with Crippen LogP contribution in [0.3, 0.4) is 0 Å². The number of guanidine groups is 1. The van der Waals surface area contributed by atoms with Crippen LogP contribution in [0.5, 0.6) is 11.5 Å². The van der Waals surface area contributed by atoms with E-state index in [-0.39, 0.29) is 24.0 Å². The maximum Gasteiger partial charge on any atom is 0.193 e. The van der Waals surface area contributed by atoms with Crippen LogP contribution in [0.1, 0.15) is 23.9 Å². The number of nitrogens with zero attached hydrogens (tertiary/aromatic N) is 4. The summed E-state index contributed by atoms with van der Waals surface area (Å²) in [4.78, 5) is 6.50. The van der Waals surface area contributed by atoms with Crippen LogP contribution >= 0.6 is 24.0 Å². The number of rotatable bonds is 8. The van der Waals surface area contributed by atoms with Crippen molar-refractivity contribution in [3.05, 3.63) is 41.2 Å². The second-order valence-corrected chi connectivity index (χ2v) is 7.18. The van der Waals surface area contributed by atoms with Gasteiger partial charge < -0.3 is 19.7 Å². The minimum Gasteiger partial charge on any atom is -0.497 e. The van der Waals surface area contributed by atoms with Crippen molar-refractivity contribution >= 4 is 29.9 Å². The smallest absolute Gasteiger partial charge is 0.193 e. The molecule has 162 valence electrons. The number of hydrogen-bond acceptors (Lipinski definition) is 4. The molecule has 0 radical (unpaired) electrons. The molecule has 0 amide bonds. The summed E-state index contributed by atoms with van der Waals surface area (Å²) in [5.74, 6) is 2.85. The first-order valence-corrected chi connectivity index (χ1v) is 9.51. The molecule has 1 unspecified atom stereocenters. The van der Waals surface area contributed by atoms with Gasteiger partial charge in [-0.3, -0.25) is 9.67 Å². The van der Waals surface area contributed by atoms with Gasteiger partial charge in [-0.1, -0.05) is 6.92 Å². The van der Waals surface area contributed by atoms with Crippen molar-refractivity contribution in [3.8, 4) is 11.5 Å². The highest BCUT2D eigenvalue weighted by molar-refractivity contribution is 14.0. The Morgan fingerprint density at radius 1 is 1.24 bits per heavy atom. The van der Waals surface area contributed by atoms with Gasteiger partial charge in [0, 0.05) is 51.1 Å². The van der Waals surface area contributed by atoms with Crippen LogP contribution in [0.15, 0.2) is 29.3 Å². The molecule has 1 aromatic heterocycles. The Hall–Kier alpha value is -1.97. The van der Waals surface area contributed by atoms with E-state index in [4.69, 9.17) is 9.47 Å². The molecule has 8 heteroatoms. The van der Waals surface area contributed by atoms with Crippen molar-refractivity contribution < 1.29 is 9.47 Å². The van der Waals surface area contributed by atoms with Gasteiger partial charge in [-0.05, 0) is 38.0 Å². The first-order valence-electron chi connectivity index (χ1n) is 9.51. The lowest BCUT2D eigenvalue weighted by molar-refractivity contribution is 0.380. The van der Waals surface area contributed by atoms with Crippen molar-refractivity contribution in [2.45, 2.75) is 33.9 Å². The third kappa shape index (κ3) is 7.09. The molecule has 29 heavy (non-hydrogen) atoms. The molecule has 0 fully saturated rings. The number of halogens is 1. The monoisotopic (exact) mass is 515 g/mol. The lowest BCUT2D eigenvalue weighted by Gasteiger charge is -2.24. The van der Waals surface area contributed by atoms with Crippen molar-refractivity contribution in [2.75, 3.05) is 34.9 Å². The Morgan fingerprint density at radius 2 is 1.97 bits per heavy atom. The van der Waals surface area contributed by atoms with E-state index in [1.807, 2.05) is 32.2 Å². The van der Waals surface area contributed by atoms with Crippen LogP contribution in [0.25, 0.3) is 0 Å². The number of benzene rings is 1. The number of nitrogens with one attached hydrogen (secondary N) is 1.